The standard InChI is InChI=1S/C9H8I2O3/c1-2-14-9(13)7-5(10)3-4-6(12)8(7)11/h3-4,12H,2H2,1H3. The van der Waals surface area contributed by atoms with E-state index in [1.165, 1.54) is 0 Å². The molecule has 0 amide bonds. The molecule has 0 aromatic heterocycles. The van der Waals surface area contributed by atoms with Gasteiger partial charge in [-0.3, -0.25) is 0 Å². The Hall–Kier alpha value is -0.0500. The Morgan fingerprint density at radius 3 is 2.71 bits per heavy atom. The van der Waals surface area contributed by atoms with Crippen LogP contribution in [0.3, 0.4) is 0 Å². The summed E-state index contributed by atoms with van der Waals surface area (Å²) in [6.45, 7) is 2.08. The largest absolute Gasteiger partial charge is 0.507 e. The van der Waals surface area contributed by atoms with Crippen LogP contribution < -0.4 is 0 Å². The number of carbonyl (C=O) groups is 1. The van der Waals surface area contributed by atoms with Gasteiger partial charge in [0.2, 0.25) is 0 Å². The van der Waals surface area contributed by atoms with Crippen LogP contribution in [0.4, 0.5) is 0 Å². The second kappa shape index (κ2) is 5.15. The Balaban J connectivity index is 3.18. The van der Waals surface area contributed by atoms with E-state index in [0.717, 1.165) is 3.57 Å². The molecule has 1 rings (SSSR count). The molecule has 0 atom stereocenters. The molecule has 76 valence electrons. The van der Waals surface area contributed by atoms with Gasteiger partial charge in [0.25, 0.3) is 0 Å². The molecule has 1 aromatic rings. The highest BCUT2D eigenvalue weighted by Gasteiger charge is 2.17. The molecule has 0 saturated heterocycles. The summed E-state index contributed by atoms with van der Waals surface area (Å²) in [7, 11) is 0. The molecule has 5 heteroatoms. The van der Waals surface area contributed by atoms with Gasteiger partial charge in [-0.1, -0.05) is 0 Å². The van der Waals surface area contributed by atoms with Crippen molar-refractivity contribution in [3.63, 3.8) is 0 Å². The van der Waals surface area contributed by atoms with E-state index in [0.29, 0.717) is 15.7 Å². The molecule has 0 unspecified atom stereocenters. The van der Waals surface area contributed by atoms with Gasteiger partial charge in [-0.05, 0) is 64.2 Å². The molecule has 0 bridgehead atoms. The Kier molecular flexibility index (Phi) is 4.42. The second-order valence-corrected chi connectivity index (χ2v) is 4.72. The zero-order valence-corrected chi connectivity index (χ0v) is 11.7. The van der Waals surface area contributed by atoms with E-state index in [1.54, 1.807) is 19.1 Å². The summed E-state index contributed by atoms with van der Waals surface area (Å²) in [4.78, 5) is 11.5. The summed E-state index contributed by atoms with van der Waals surface area (Å²) in [6, 6.07) is 3.25. The topological polar surface area (TPSA) is 46.5 Å². The predicted molar refractivity (Wildman–Crippen MR) is 69.5 cm³/mol. The van der Waals surface area contributed by atoms with Crippen LogP contribution in [0.25, 0.3) is 0 Å². The van der Waals surface area contributed by atoms with Gasteiger partial charge >= 0.3 is 5.97 Å². The number of phenolic OH excluding ortho intramolecular Hbond substituents is 1. The van der Waals surface area contributed by atoms with Crippen molar-refractivity contribution in [2.75, 3.05) is 6.61 Å². The Bertz CT molecular complexity index is 363. The van der Waals surface area contributed by atoms with Gasteiger partial charge in [-0.25, -0.2) is 4.79 Å². The molecule has 3 nitrogen and oxygen atoms in total. The van der Waals surface area contributed by atoms with Gasteiger partial charge < -0.3 is 9.84 Å². The Morgan fingerprint density at radius 1 is 1.50 bits per heavy atom. The molecular weight excluding hydrogens is 410 g/mol. The summed E-state index contributed by atoms with van der Waals surface area (Å²) in [5, 5.41) is 9.42. The fourth-order valence-corrected chi connectivity index (χ4v) is 2.81. The number of rotatable bonds is 2. The van der Waals surface area contributed by atoms with E-state index in [2.05, 4.69) is 0 Å². The van der Waals surface area contributed by atoms with Crippen molar-refractivity contribution in [2.24, 2.45) is 0 Å². The van der Waals surface area contributed by atoms with E-state index < -0.39 is 5.97 Å². The highest BCUT2D eigenvalue weighted by Crippen LogP contribution is 2.27. The van der Waals surface area contributed by atoms with Crippen molar-refractivity contribution in [3.05, 3.63) is 24.8 Å². The van der Waals surface area contributed by atoms with Gasteiger partial charge in [0.15, 0.2) is 0 Å². The van der Waals surface area contributed by atoms with Crippen molar-refractivity contribution >= 4 is 51.2 Å². The third-order valence-corrected chi connectivity index (χ3v) is 3.54. The van der Waals surface area contributed by atoms with E-state index in [9.17, 15) is 9.90 Å². The molecule has 0 aliphatic carbocycles. The van der Waals surface area contributed by atoms with Gasteiger partial charge in [0, 0.05) is 3.57 Å². The normalized spacial score (nSPS) is 9.93. The maximum atomic E-state index is 11.5. The maximum Gasteiger partial charge on any atom is 0.340 e. The molecular formula is C9H8I2O3. The monoisotopic (exact) mass is 418 g/mol. The minimum absolute atomic E-state index is 0.106. The molecule has 0 fully saturated rings. The third kappa shape index (κ3) is 2.50. The number of esters is 1. The number of hydrogen-bond donors (Lipinski definition) is 1. The first-order valence-electron chi connectivity index (χ1n) is 3.92. The average Bonchev–Trinajstić information content (AvgIpc) is 2.13. The number of phenols is 1. The van der Waals surface area contributed by atoms with Gasteiger partial charge in [-0.15, -0.1) is 0 Å². The number of halogens is 2. The minimum atomic E-state index is -0.391. The van der Waals surface area contributed by atoms with Crippen LogP contribution in [-0.2, 0) is 4.74 Å². The first-order valence-corrected chi connectivity index (χ1v) is 6.07. The zero-order chi connectivity index (χ0) is 10.7. The van der Waals surface area contributed by atoms with Crippen molar-refractivity contribution in [2.45, 2.75) is 6.92 Å². The third-order valence-electron chi connectivity index (χ3n) is 1.55. The molecule has 1 aromatic carbocycles. The van der Waals surface area contributed by atoms with Crippen molar-refractivity contribution in [1.82, 2.24) is 0 Å². The molecule has 0 aliphatic rings. The van der Waals surface area contributed by atoms with Gasteiger partial charge in [-0.2, -0.15) is 0 Å². The van der Waals surface area contributed by atoms with Crippen LogP contribution in [0.5, 0.6) is 5.75 Å². The first-order chi connectivity index (χ1) is 6.57. The summed E-state index contributed by atoms with van der Waals surface area (Å²) in [6.07, 6.45) is 0. The van der Waals surface area contributed by atoms with Crippen molar-refractivity contribution in [3.8, 4) is 5.75 Å². The molecule has 0 saturated carbocycles. The van der Waals surface area contributed by atoms with Crippen LogP contribution in [0.2, 0.25) is 0 Å². The van der Waals surface area contributed by atoms with E-state index in [4.69, 9.17) is 4.74 Å². The van der Waals surface area contributed by atoms with Crippen LogP contribution in [0.15, 0.2) is 12.1 Å². The van der Waals surface area contributed by atoms with Crippen molar-refractivity contribution in [1.29, 1.82) is 0 Å². The summed E-state index contributed by atoms with van der Waals surface area (Å²) in [5.74, 6) is -0.286. The van der Waals surface area contributed by atoms with Crippen molar-refractivity contribution < 1.29 is 14.6 Å². The zero-order valence-electron chi connectivity index (χ0n) is 7.38. The van der Waals surface area contributed by atoms with Crippen LogP contribution in [0, 0.1) is 7.14 Å². The number of benzene rings is 1. The smallest absolute Gasteiger partial charge is 0.340 e. The molecule has 0 radical (unpaired) electrons. The quantitative estimate of drug-likeness (QED) is 0.594. The lowest BCUT2D eigenvalue weighted by atomic mass is 10.2. The molecule has 0 heterocycles. The molecule has 14 heavy (non-hydrogen) atoms. The summed E-state index contributed by atoms with van der Waals surface area (Å²) >= 11 is 3.97. The fraction of sp³-hybridized carbons (Fsp3) is 0.222. The number of carbonyl (C=O) groups excluding carboxylic acids is 1. The van der Waals surface area contributed by atoms with E-state index in [-0.39, 0.29) is 5.75 Å². The van der Waals surface area contributed by atoms with Crippen LogP contribution in [-0.4, -0.2) is 17.7 Å². The molecule has 0 spiro atoms. The first kappa shape index (κ1) is 12.0. The Labute approximate surface area is 109 Å². The number of hydrogen-bond acceptors (Lipinski definition) is 3. The number of aromatic hydroxyl groups is 1. The second-order valence-electron chi connectivity index (χ2n) is 2.48. The number of ether oxygens (including phenoxy) is 1. The van der Waals surface area contributed by atoms with E-state index in [1.807, 2.05) is 45.2 Å². The summed E-state index contributed by atoms with van der Waals surface area (Å²) in [5.41, 5.74) is 0.438. The van der Waals surface area contributed by atoms with Crippen LogP contribution in [0.1, 0.15) is 17.3 Å². The molecule has 0 aliphatic heterocycles. The van der Waals surface area contributed by atoms with Gasteiger partial charge in [0.05, 0.1) is 15.7 Å². The maximum absolute atomic E-state index is 11.5. The Morgan fingerprint density at radius 2 is 2.14 bits per heavy atom. The lowest BCUT2D eigenvalue weighted by Crippen LogP contribution is -2.09. The van der Waals surface area contributed by atoms with Gasteiger partial charge in [0.1, 0.15) is 5.75 Å². The SMILES string of the molecule is CCOC(=O)c1c(I)ccc(O)c1I. The lowest BCUT2D eigenvalue weighted by molar-refractivity contribution is 0.0523. The molecule has 1 N–H and O–H groups in total. The van der Waals surface area contributed by atoms with Crippen LogP contribution >= 0.6 is 45.2 Å². The predicted octanol–water partition coefficient (Wildman–Crippen LogP) is 2.78. The fourth-order valence-electron chi connectivity index (χ4n) is 0.932. The minimum Gasteiger partial charge on any atom is -0.507 e. The summed E-state index contributed by atoms with van der Waals surface area (Å²) < 4.78 is 6.20. The lowest BCUT2D eigenvalue weighted by Gasteiger charge is -2.07. The van der Waals surface area contributed by atoms with E-state index >= 15 is 0 Å². The highest BCUT2D eigenvalue weighted by atomic mass is 127. The average molecular weight is 418 g/mol. The highest BCUT2D eigenvalue weighted by molar-refractivity contribution is 14.1.